The van der Waals surface area contributed by atoms with Crippen LogP contribution in [0.25, 0.3) is 4.96 Å². The predicted octanol–water partition coefficient (Wildman–Crippen LogP) is 0.775. The Kier molecular flexibility index (Phi) is 3.61. The van der Waals surface area contributed by atoms with E-state index in [9.17, 15) is 9.59 Å². The second kappa shape index (κ2) is 5.18. The van der Waals surface area contributed by atoms with Crippen LogP contribution in [0.1, 0.15) is 12.6 Å². The van der Waals surface area contributed by atoms with Crippen LogP contribution in [-0.4, -0.2) is 32.9 Å². The molecule has 0 aliphatic rings. The van der Waals surface area contributed by atoms with Crippen molar-refractivity contribution in [1.82, 2.24) is 14.7 Å². The van der Waals surface area contributed by atoms with Crippen molar-refractivity contribution in [3.63, 3.8) is 0 Å². The van der Waals surface area contributed by atoms with Gasteiger partial charge in [0.1, 0.15) is 0 Å². The first-order valence-electron chi connectivity index (χ1n) is 5.47. The minimum atomic E-state index is -0.914. The summed E-state index contributed by atoms with van der Waals surface area (Å²) in [7, 11) is 0. The second-order valence-electron chi connectivity index (χ2n) is 4.03. The van der Waals surface area contributed by atoms with E-state index < -0.39 is 11.9 Å². The van der Waals surface area contributed by atoms with Crippen molar-refractivity contribution in [1.29, 1.82) is 0 Å². The number of rotatable bonds is 5. The minimum absolute atomic E-state index is 0.144. The van der Waals surface area contributed by atoms with E-state index in [-0.39, 0.29) is 18.9 Å². The van der Waals surface area contributed by atoms with Gasteiger partial charge < -0.3 is 10.4 Å². The Labute approximate surface area is 107 Å². The molecule has 2 rings (SSSR count). The quantitative estimate of drug-likeness (QED) is 0.838. The molecule has 2 heterocycles. The summed E-state index contributed by atoms with van der Waals surface area (Å²) >= 11 is 1.47. The van der Waals surface area contributed by atoms with E-state index in [1.54, 1.807) is 19.3 Å². The number of carboxylic acid groups (broad SMARTS) is 1. The molecule has 2 N–H and O–H groups in total. The van der Waals surface area contributed by atoms with Gasteiger partial charge in [0.05, 0.1) is 12.3 Å². The molecule has 0 saturated carbocycles. The van der Waals surface area contributed by atoms with Gasteiger partial charge in [-0.1, -0.05) is 6.92 Å². The first kappa shape index (κ1) is 12.6. The summed E-state index contributed by atoms with van der Waals surface area (Å²) in [6.07, 6.45) is 3.71. The van der Waals surface area contributed by atoms with Gasteiger partial charge in [-0.15, -0.1) is 11.3 Å². The van der Waals surface area contributed by atoms with E-state index in [2.05, 4.69) is 10.3 Å². The Morgan fingerprint density at radius 3 is 3.11 bits per heavy atom. The number of carboxylic acids is 1. The summed E-state index contributed by atoms with van der Waals surface area (Å²) in [5, 5.41) is 13.2. The number of thiazole rings is 1. The molecule has 2 aromatic heterocycles. The highest BCUT2D eigenvalue weighted by atomic mass is 32.1. The number of hydrogen-bond donors (Lipinski definition) is 2. The van der Waals surface area contributed by atoms with Gasteiger partial charge in [0.2, 0.25) is 5.91 Å². The average Bonchev–Trinajstić information content (AvgIpc) is 2.90. The van der Waals surface area contributed by atoms with Crippen molar-refractivity contribution >= 4 is 28.2 Å². The first-order chi connectivity index (χ1) is 8.58. The number of fused-ring (bicyclic) bond motifs is 1. The van der Waals surface area contributed by atoms with Gasteiger partial charge in [-0.05, 0) is 0 Å². The molecule has 0 fully saturated rings. The summed E-state index contributed by atoms with van der Waals surface area (Å²) < 4.78 is 1.85. The van der Waals surface area contributed by atoms with Crippen LogP contribution >= 0.6 is 11.3 Å². The molecule has 0 aliphatic carbocycles. The van der Waals surface area contributed by atoms with Crippen LogP contribution in [0.15, 0.2) is 17.8 Å². The van der Waals surface area contributed by atoms with Crippen LogP contribution in [-0.2, 0) is 16.0 Å². The van der Waals surface area contributed by atoms with Crippen molar-refractivity contribution in [2.24, 2.45) is 5.92 Å². The molecule has 0 saturated heterocycles. The summed E-state index contributed by atoms with van der Waals surface area (Å²) in [6.45, 7) is 1.70. The molecule has 1 atom stereocenters. The number of nitrogens with one attached hydrogen (secondary N) is 1. The maximum Gasteiger partial charge on any atom is 0.308 e. The molecule has 6 nitrogen and oxygen atoms in total. The maximum atomic E-state index is 11.7. The van der Waals surface area contributed by atoms with Crippen molar-refractivity contribution in [2.75, 3.05) is 6.54 Å². The van der Waals surface area contributed by atoms with Crippen LogP contribution in [0, 0.1) is 5.92 Å². The van der Waals surface area contributed by atoms with E-state index in [4.69, 9.17) is 5.11 Å². The fourth-order valence-electron chi connectivity index (χ4n) is 1.48. The summed E-state index contributed by atoms with van der Waals surface area (Å²) in [5.41, 5.74) is 0.855. The molecule has 2 aromatic rings. The van der Waals surface area contributed by atoms with Gasteiger partial charge in [0.15, 0.2) is 4.96 Å². The largest absolute Gasteiger partial charge is 0.481 e. The van der Waals surface area contributed by atoms with Gasteiger partial charge in [-0.3, -0.25) is 14.0 Å². The van der Waals surface area contributed by atoms with Crippen LogP contribution in [0.5, 0.6) is 0 Å². The highest BCUT2D eigenvalue weighted by molar-refractivity contribution is 7.15. The summed E-state index contributed by atoms with van der Waals surface area (Å²) in [4.78, 5) is 27.2. The van der Waals surface area contributed by atoms with E-state index in [0.717, 1.165) is 10.7 Å². The SMILES string of the molecule is CC(CNC(=O)Cc1csc2nccn12)C(=O)O. The lowest BCUT2D eigenvalue weighted by Crippen LogP contribution is -2.32. The lowest BCUT2D eigenvalue weighted by molar-refractivity contribution is -0.141. The number of amides is 1. The van der Waals surface area contributed by atoms with Gasteiger partial charge in [-0.2, -0.15) is 0 Å². The molecule has 96 valence electrons. The molecule has 0 spiro atoms. The van der Waals surface area contributed by atoms with Crippen molar-refractivity contribution in [3.8, 4) is 0 Å². The maximum absolute atomic E-state index is 11.7. The Hall–Kier alpha value is -1.89. The van der Waals surface area contributed by atoms with Crippen molar-refractivity contribution in [3.05, 3.63) is 23.5 Å². The lowest BCUT2D eigenvalue weighted by atomic mass is 10.2. The van der Waals surface area contributed by atoms with Crippen LogP contribution in [0.4, 0.5) is 0 Å². The third-order valence-electron chi connectivity index (χ3n) is 2.59. The van der Waals surface area contributed by atoms with Crippen LogP contribution in [0.3, 0.4) is 0 Å². The molecule has 0 radical (unpaired) electrons. The van der Waals surface area contributed by atoms with Gasteiger partial charge in [0.25, 0.3) is 0 Å². The number of nitrogens with zero attached hydrogens (tertiary/aromatic N) is 2. The second-order valence-corrected chi connectivity index (χ2v) is 4.86. The molecule has 0 bridgehead atoms. The summed E-state index contributed by atoms with van der Waals surface area (Å²) in [6, 6.07) is 0. The van der Waals surface area contributed by atoms with E-state index in [1.165, 1.54) is 11.3 Å². The molecular weight excluding hydrogens is 254 g/mol. The van der Waals surface area contributed by atoms with Crippen LogP contribution < -0.4 is 5.32 Å². The zero-order valence-corrected chi connectivity index (χ0v) is 10.6. The number of hydrogen-bond acceptors (Lipinski definition) is 4. The van der Waals surface area contributed by atoms with E-state index >= 15 is 0 Å². The van der Waals surface area contributed by atoms with Crippen molar-refractivity contribution < 1.29 is 14.7 Å². The standard InChI is InChI=1S/C11H13N3O3S/c1-7(10(16)17)5-13-9(15)4-8-6-18-11-12-2-3-14(8)11/h2-3,6-7H,4-5H2,1H3,(H,13,15)(H,16,17). The van der Waals surface area contributed by atoms with Crippen molar-refractivity contribution in [2.45, 2.75) is 13.3 Å². The van der Waals surface area contributed by atoms with Gasteiger partial charge in [-0.25, -0.2) is 4.98 Å². The zero-order chi connectivity index (χ0) is 13.1. The Bertz CT molecular complexity index is 575. The topological polar surface area (TPSA) is 83.7 Å². The molecule has 0 aliphatic heterocycles. The number of carbonyl (C=O) groups excluding carboxylic acids is 1. The molecular formula is C11H13N3O3S. The fraction of sp³-hybridized carbons (Fsp3) is 0.364. The normalized spacial score (nSPS) is 12.5. The average molecular weight is 267 g/mol. The Morgan fingerprint density at radius 1 is 1.61 bits per heavy atom. The number of aliphatic carboxylic acids is 1. The number of aromatic nitrogens is 2. The third-order valence-corrected chi connectivity index (χ3v) is 3.49. The van der Waals surface area contributed by atoms with Gasteiger partial charge in [0, 0.05) is 30.0 Å². The molecule has 0 aromatic carbocycles. The zero-order valence-electron chi connectivity index (χ0n) is 9.79. The highest BCUT2D eigenvalue weighted by Gasteiger charge is 2.13. The third kappa shape index (κ3) is 2.67. The summed E-state index contributed by atoms with van der Waals surface area (Å²) in [5.74, 6) is -1.68. The number of imidazole rings is 1. The predicted molar refractivity (Wildman–Crippen MR) is 66.6 cm³/mol. The Morgan fingerprint density at radius 2 is 2.39 bits per heavy atom. The molecule has 1 amide bonds. The molecule has 7 heteroatoms. The fourth-order valence-corrected chi connectivity index (χ4v) is 2.33. The first-order valence-corrected chi connectivity index (χ1v) is 6.35. The lowest BCUT2D eigenvalue weighted by Gasteiger charge is -2.07. The monoisotopic (exact) mass is 267 g/mol. The van der Waals surface area contributed by atoms with E-state index in [0.29, 0.717) is 0 Å². The minimum Gasteiger partial charge on any atom is -0.481 e. The van der Waals surface area contributed by atoms with Crippen LogP contribution in [0.2, 0.25) is 0 Å². The molecule has 18 heavy (non-hydrogen) atoms. The van der Waals surface area contributed by atoms with E-state index in [1.807, 2.05) is 9.78 Å². The highest BCUT2D eigenvalue weighted by Crippen LogP contribution is 2.14. The number of carbonyl (C=O) groups is 2. The Balaban J connectivity index is 1.92. The van der Waals surface area contributed by atoms with Gasteiger partial charge >= 0.3 is 5.97 Å². The molecule has 1 unspecified atom stereocenters. The smallest absolute Gasteiger partial charge is 0.308 e.